The molecule has 1 N–H and O–H groups in total. The van der Waals surface area contributed by atoms with Gasteiger partial charge in [0.1, 0.15) is 5.82 Å². The van der Waals surface area contributed by atoms with Gasteiger partial charge in [-0.3, -0.25) is 9.31 Å². The van der Waals surface area contributed by atoms with Gasteiger partial charge >= 0.3 is 5.97 Å². The molecular formula is C16H21ClFN3O2S2. The van der Waals surface area contributed by atoms with Crippen molar-refractivity contribution in [3.05, 3.63) is 28.5 Å². The first kappa shape index (κ1) is 20.2. The molecule has 2 rings (SSSR count). The average Bonchev–Trinajstić information content (AvgIpc) is 2.62. The molecule has 1 heterocycles. The van der Waals surface area contributed by atoms with Crippen LogP contribution in [0.25, 0.3) is 0 Å². The van der Waals surface area contributed by atoms with E-state index in [9.17, 15) is 9.18 Å². The van der Waals surface area contributed by atoms with Crippen LogP contribution in [0.15, 0.2) is 12.1 Å². The Morgan fingerprint density at radius 1 is 1.52 bits per heavy atom. The summed E-state index contributed by atoms with van der Waals surface area (Å²) in [7, 11) is 0. The standard InChI is InChI=1S/C16H21ClFN3O2S2/c1-3-8-23-15(22)11-9-14(13(18)10-12(11)17)21(25-2)16(24)20-7-5-4-6-19-20/h9-10,19H,3-8H2,1-2H3. The van der Waals surface area contributed by atoms with Gasteiger partial charge in [-0.05, 0) is 55.6 Å². The number of nitrogens with zero attached hydrogens (tertiary/aromatic N) is 2. The summed E-state index contributed by atoms with van der Waals surface area (Å²) in [6.45, 7) is 3.74. The Balaban J connectivity index is 2.31. The molecule has 0 aliphatic carbocycles. The first-order valence-electron chi connectivity index (χ1n) is 8.05. The molecule has 0 saturated carbocycles. The minimum Gasteiger partial charge on any atom is -0.462 e. The lowest BCUT2D eigenvalue weighted by molar-refractivity contribution is 0.0505. The zero-order valence-electron chi connectivity index (χ0n) is 14.2. The number of benzene rings is 1. The van der Waals surface area contributed by atoms with E-state index in [4.69, 9.17) is 28.6 Å². The van der Waals surface area contributed by atoms with Gasteiger partial charge < -0.3 is 4.74 Å². The molecule has 0 radical (unpaired) electrons. The van der Waals surface area contributed by atoms with E-state index in [-0.39, 0.29) is 22.9 Å². The maximum atomic E-state index is 14.5. The van der Waals surface area contributed by atoms with Crippen molar-refractivity contribution in [2.75, 3.05) is 30.3 Å². The van der Waals surface area contributed by atoms with E-state index >= 15 is 0 Å². The molecule has 0 amide bonds. The monoisotopic (exact) mass is 405 g/mol. The van der Waals surface area contributed by atoms with Crippen molar-refractivity contribution in [3.8, 4) is 0 Å². The second-order valence-corrected chi connectivity index (χ2v) is 6.95. The van der Waals surface area contributed by atoms with Gasteiger partial charge in [-0.1, -0.05) is 18.5 Å². The number of hydrogen-bond acceptors (Lipinski definition) is 5. The van der Waals surface area contributed by atoms with Crippen LogP contribution in [0.5, 0.6) is 0 Å². The third-order valence-corrected chi connectivity index (χ3v) is 5.18. The van der Waals surface area contributed by atoms with Crippen molar-refractivity contribution in [2.24, 2.45) is 0 Å². The largest absolute Gasteiger partial charge is 0.462 e. The molecule has 0 bridgehead atoms. The molecule has 5 nitrogen and oxygen atoms in total. The van der Waals surface area contributed by atoms with E-state index in [0.29, 0.717) is 11.5 Å². The van der Waals surface area contributed by atoms with Gasteiger partial charge in [-0.2, -0.15) is 0 Å². The molecule has 9 heteroatoms. The summed E-state index contributed by atoms with van der Waals surface area (Å²) in [5.74, 6) is -1.12. The van der Waals surface area contributed by atoms with Crippen LogP contribution >= 0.6 is 35.8 Å². The Morgan fingerprint density at radius 2 is 2.28 bits per heavy atom. The molecule has 0 aromatic heterocycles. The molecule has 0 unspecified atom stereocenters. The number of halogens is 2. The van der Waals surface area contributed by atoms with Gasteiger partial charge in [0.2, 0.25) is 5.11 Å². The lowest BCUT2D eigenvalue weighted by atomic mass is 10.2. The van der Waals surface area contributed by atoms with Crippen LogP contribution in [0.4, 0.5) is 10.1 Å². The number of carbonyl (C=O) groups excluding carboxylic acids is 1. The third-order valence-electron chi connectivity index (χ3n) is 3.61. The molecule has 1 aromatic carbocycles. The maximum absolute atomic E-state index is 14.5. The van der Waals surface area contributed by atoms with Gasteiger partial charge in [-0.15, -0.1) is 0 Å². The minimum absolute atomic E-state index is 0.0189. The highest BCUT2D eigenvalue weighted by Gasteiger charge is 2.25. The number of esters is 1. The number of rotatable bonds is 5. The summed E-state index contributed by atoms with van der Waals surface area (Å²) in [6.07, 6.45) is 4.56. The summed E-state index contributed by atoms with van der Waals surface area (Å²) < 4.78 is 21.2. The van der Waals surface area contributed by atoms with Gasteiger partial charge in [0.05, 0.1) is 22.9 Å². The summed E-state index contributed by atoms with van der Waals surface area (Å²) in [4.78, 5) is 12.2. The molecule has 1 fully saturated rings. The lowest BCUT2D eigenvalue weighted by Gasteiger charge is -2.35. The van der Waals surface area contributed by atoms with E-state index in [2.05, 4.69) is 5.43 Å². The van der Waals surface area contributed by atoms with E-state index in [1.807, 2.05) is 11.9 Å². The van der Waals surface area contributed by atoms with Crippen LogP contribution in [0.3, 0.4) is 0 Å². The Hall–Kier alpha value is -1.09. The van der Waals surface area contributed by atoms with Gasteiger partial charge in [0.25, 0.3) is 0 Å². The molecule has 138 valence electrons. The fourth-order valence-electron chi connectivity index (χ4n) is 2.36. The summed E-state index contributed by atoms with van der Waals surface area (Å²) >= 11 is 12.8. The molecule has 0 spiro atoms. The highest BCUT2D eigenvalue weighted by molar-refractivity contribution is 8.01. The predicted octanol–water partition coefficient (Wildman–Crippen LogP) is 4.02. The summed E-state index contributed by atoms with van der Waals surface area (Å²) in [5, 5.41) is 2.27. The number of carbonyl (C=O) groups is 1. The first-order valence-corrected chi connectivity index (χ1v) is 10.0. The zero-order chi connectivity index (χ0) is 18.4. The molecular weight excluding hydrogens is 385 g/mol. The van der Waals surface area contributed by atoms with Crippen molar-refractivity contribution < 1.29 is 13.9 Å². The number of anilines is 1. The Labute approximate surface area is 161 Å². The number of ether oxygens (including phenoxy) is 1. The van der Waals surface area contributed by atoms with Crippen LogP contribution in [0.1, 0.15) is 36.5 Å². The van der Waals surface area contributed by atoms with Crippen LogP contribution in [0.2, 0.25) is 5.02 Å². The fourth-order valence-corrected chi connectivity index (χ4v) is 3.66. The van der Waals surface area contributed by atoms with Crippen LogP contribution in [0, 0.1) is 5.82 Å². The van der Waals surface area contributed by atoms with Crippen molar-refractivity contribution >= 4 is 52.5 Å². The normalized spacial score (nSPS) is 14.3. The van der Waals surface area contributed by atoms with Crippen LogP contribution in [-0.2, 0) is 4.74 Å². The van der Waals surface area contributed by atoms with Crippen molar-refractivity contribution in [1.29, 1.82) is 0 Å². The second kappa shape index (κ2) is 9.56. The van der Waals surface area contributed by atoms with Crippen LogP contribution < -0.4 is 9.73 Å². The highest BCUT2D eigenvalue weighted by Crippen LogP contribution is 2.31. The second-order valence-electron chi connectivity index (χ2n) is 5.45. The quantitative estimate of drug-likeness (QED) is 0.451. The molecule has 1 aliphatic heterocycles. The molecule has 1 aliphatic rings. The third kappa shape index (κ3) is 4.97. The Bertz CT molecular complexity index is 642. The number of thiocarbonyl (C=S) groups is 1. The molecule has 1 saturated heterocycles. The molecule has 25 heavy (non-hydrogen) atoms. The van der Waals surface area contributed by atoms with Gasteiger partial charge in [0.15, 0.2) is 0 Å². The van der Waals surface area contributed by atoms with Crippen molar-refractivity contribution in [2.45, 2.75) is 26.2 Å². The van der Waals surface area contributed by atoms with Crippen molar-refractivity contribution in [1.82, 2.24) is 10.4 Å². The number of hydrazine groups is 1. The fraction of sp³-hybridized carbons (Fsp3) is 0.500. The van der Waals surface area contributed by atoms with Gasteiger partial charge in [0, 0.05) is 19.3 Å². The van der Waals surface area contributed by atoms with Crippen molar-refractivity contribution in [3.63, 3.8) is 0 Å². The lowest BCUT2D eigenvalue weighted by Crippen LogP contribution is -2.51. The minimum atomic E-state index is -0.573. The first-order chi connectivity index (χ1) is 12.0. The molecule has 0 atom stereocenters. The predicted molar refractivity (Wildman–Crippen MR) is 105 cm³/mol. The van der Waals surface area contributed by atoms with E-state index in [0.717, 1.165) is 32.0 Å². The Kier molecular flexibility index (Phi) is 7.74. The average molecular weight is 406 g/mol. The van der Waals surface area contributed by atoms with E-state index < -0.39 is 11.8 Å². The SMILES string of the molecule is CCCOC(=O)c1cc(N(SC)C(=S)N2CCCCN2)c(F)cc1Cl. The Morgan fingerprint density at radius 3 is 2.88 bits per heavy atom. The van der Waals surface area contributed by atoms with Gasteiger partial charge in [-0.25, -0.2) is 14.6 Å². The molecule has 1 aromatic rings. The maximum Gasteiger partial charge on any atom is 0.339 e. The smallest absolute Gasteiger partial charge is 0.339 e. The summed E-state index contributed by atoms with van der Waals surface area (Å²) in [5.41, 5.74) is 3.50. The number of nitrogens with one attached hydrogen (secondary N) is 1. The highest BCUT2D eigenvalue weighted by atomic mass is 35.5. The number of hydrogen-bond donors (Lipinski definition) is 1. The van der Waals surface area contributed by atoms with E-state index in [1.165, 1.54) is 18.0 Å². The zero-order valence-corrected chi connectivity index (χ0v) is 16.6. The topological polar surface area (TPSA) is 44.8 Å². The van der Waals surface area contributed by atoms with Crippen LogP contribution in [-0.4, -0.2) is 42.0 Å². The van der Waals surface area contributed by atoms with E-state index in [1.54, 1.807) is 10.6 Å². The summed E-state index contributed by atoms with van der Waals surface area (Å²) in [6, 6.07) is 2.51.